The van der Waals surface area contributed by atoms with Crippen molar-refractivity contribution in [1.29, 1.82) is 0 Å². The van der Waals surface area contributed by atoms with Crippen molar-refractivity contribution in [3.63, 3.8) is 0 Å². The topological polar surface area (TPSA) is 40.5 Å². The fourth-order valence-electron chi connectivity index (χ4n) is 1.59. The van der Waals surface area contributed by atoms with Gasteiger partial charge in [-0.05, 0) is 23.9 Å². The Bertz CT molecular complexity index is 359. The first kappa shape index (κ1) is 10.4. The third-order valence-corrected chi connectivity index (χ3v) is 3.25. The molecule has 15 heavy (non-hydrogen) atoms. The van der Waals surface area contributed by atoms with E-state index in [-0.39, 0.29) is 12.0 Å². The minimum Gasteiger partial charge on any atom is -0.391 e. The van der Waals surface area contributed by atoms with Gasteiger partial charge in [-0.1, -0.05) is 6.07 Å². The molecule has 1 aromatic heterocycles. The van der Waals surface area contributed by atoms with Crippen LogP contribution in [0.5, 0.6) is 0 Å². The minimum atomic E-state index is -0.343. The van der Waals surface area contributed by atoms with Gasteiger partial charge < -0.3 is 10.0 Å². The highest BCUT2D eigenvalue weighted by atomic mass is 32.1. The van der Waals surface area contributed by atoms with Gasteiger partial charge in [-0.2, -0.15) is 0 Å². The Balaban J connectivity index is 1.92. The Hall–Kier alpha value is -1.13. The molecule has 2 heterocycles. The van der Waals surface area contributed by atoms with Crippen molar-refractivity contribution in [2.75, 3.05) is 13.1 Å². The molecule has 3 nitrogen and oxygen atoms in total. The number of rotatable bonds is 2. The molecular weight excluding hydrogens is 210 g/mol. The van der Waals surface area contributed by atoms with Gasteiger partial charge in [0.05, 0.1) is 6.10 Å². The van der Waals surface area contributed by atoms with Gasteiger partial charge in [0.2, 0.25) is 5.91 Å². The second-order valence-electron chi connectivity index (χ2n) is 3.58. The van der Waals surface area contributed by atoms with E-state index < -0.39 is 0 Å². The summed E-state index contributed by atoms with van der Waals surface area (Å²) < 4.78 is 0. The van der Waals surface area contributed by atoms with Crippen LogP contribution in [0.1, 0.15) is 11.3 Å². The summed E-state index contributed by atoms with van der Waals surface area (Å²) in [5.74, 6) is -0.0139. The molecule has 0 aliphatic carbocycles. The quantitative estimate of drug-likeness (QED) is 0.769. The molecule has 1 fully saturated rings. The molecule has 1 aliphatic heterocycles. The molecule has 1 saturated heterocycles. The maximum Gasteiger partial charge on any atom is 0.246 e. The zero-order valence-corrected chi connectivity index (χ0v) is 9.11. The van der Waals surface area contributed by atoms with E-state index in [1.807, 2.05) is 23.6 Å². The number of hydrogen-bond donors (Lipinski definition) is 1. The number of aliphatic hydroxyl groups is 1. The van der Waals surface area contributed by atoms with Crippen molar-refractivity contribution in [3.05, 3.63) is 28.5 Å². The first-order chi connectivity index (χ1) is 7.25. The molecule has 0 aromatic carbocycles. The summed E-state index contributed by atoms with van der Waals surface area (Å²) in [6, 6.07) is 3.92. The molecule has 2 rings (SSSR count). The lowest BCUT2D eigenvalue weighted by molar-refractivity contribution is -0.125. The van der Waals surface area contributed by atoms with Gasteiger partial charge in [0, 0.05) is 24.0 Å². The average molecular weight is 223 g/mol. The van der Waals surface area contributed by atoms with Gasteiger partial charge in [0.15, 0.2) is 0 Å². The van der Waals surface area contributed by atoms with E-state index in [4.69, 9.17) is 0 Å². The van der Waals surface area contributed by atoms with E-state index in [2.05, 4.69) is 0 Å². The van der Waals surface area contributed by atoms with Crippen LogP contribution in [0, 0.1) is 0 Å². The number of hydrogen-bond acceptors (Lipinski definition) is 3. The molecule has 4 heteroatoms. The summed E-state index contributed by atoms with van der Waals surface area (Å²) in [6.45, 7) is 1.13. The SMILES string of the molecule is O=C(C=Cc1cccs1)N1CC[C@H](O)C1. The number of amides is 1. The molecule has 0 bridgehead atoms. The van der Waals surface area contributed by atoms with Gasteiger partial charge in [0.1, 0.15) is 0 Å². The molecule has 1 amide bonds. The highest BCUT2D eigenvalue weighted by molar-refractivity contribution is 7.10. The summed E-state index contributed by atoms with van der Waals surface area (Å²) in [4.78, 5) is 14.4. The highest BCUT2D eigenvalue weighted by Gasteiger charge is 2.22. The fraction of sp³-hybridized carbons (Fsp3) is 0.364. The third kappa shape index (κ3) is 2.67. The van der Waals surface area contributed by atoms with Crippen LogP contribution in [-0.4, -0.2) is 35.1 Å². The normalized spacial score (nSPS) is 21.4. The second-order valence-corrected chi connectivity index (χ2v) is 4.55. The predicted molar refractivity (Wildman–Crippen MR) is 60.6 cm³/mol. The average Bonchev–Trinajstić information content (AvgIpc) is 2.84. The first-order valence-corrected chi connectivity index (χ1v) is 5.82. The zero-order chi connectivity index (χ0) is 10.7. The molecule has 0 spiro atoms. The van der Waals surface area contributed by atoms with E-state index in [0.29, 0.717) is 19.5 Å². The summed E-state index contributed by atoms with van der Waals surface area (Å²) in [5.41, 5.74) is 0. The number of likely N-dealkylation sites (tertiary alicyclic amines) is 1. The Morgan fingerprint density at radius 3 is 3.13 bits per heavy atom. The lowest BCUT2D eigenvalue weighted by Gasteiger charge is -2.11. The van der Waals surface area contributed by atoms with Crippen LogP contribution in [-0.2, 0) is 4.79 Å². The van der Waals surface area contributed by atoms with Crippen LogP contribution in [0.4, 0.5) is 0 Å². The van der Waals surface area contributed by atoms with E-state index in [0.717, 1.165) is 4.88 Å². The Kier molecular flexibility index (Phi) is 3.18. The minimum absolute atomic E-state index is 0.0139. The summed E-state index contributed by atoms with van der Waals surface area (Å²) in [6.07, 6.45) is 3.74. The van der Waals surface area contributed by atoms with Crippen LogP contribution in [0.25, 0.3) is 6.08 Å². The van der Waals surface area contributed by atoms with Crippen LogP contribution in [0.3, 0.4) is 0 Å². The van der Waals surface area contributed by atoms with Gasteiger partial charge in [0.25, 0.3) is 0 Å². The van der Waals surface area contributed by atoms with Crippen LogP contribution >= 0.6 is 11.3 Å². The van der Waals surface area contributed by atoms with E-state index in [9.17, 15) is 9.90 Å². The molecule has 1 atom stereocenters. The standard InChI is InChI=1S/C11H13NO2S/c13-9-5-6-12(8-9)11(14)4-3-10-2-1-7-15-10/h1-4,7,9,13H,5-6,8H2/t9-/m0/s1. The van der Waals surface area contributed by atoms with Crippen molar-refractivity contribution < 1.29 is 9.90 Å². The molecule has 1 N–H and O–H groups in total. The Morgan fingerprint density at radius 2 is 2.53 bits per heavy atom. The number of thiophene rings is 1. The van der Waals surface area contributed by atoms with E-state index >= 15 is 0 Å². The van der Waals surface area contributed by atoms with Crippen molar-refractivity contribution >= 4 is 23.3 Å². The van der Waals surface area contributed by atoms with Gasteiger partial charge in [-0.3, -0.25) is 4.79 Å². The van der Waals surface area contributed by atoms with E-state index in [1.54, 1.807) is 22.3 Å². The fourth-order valence-corrected chi connectivity index (χ4v) is 2.20. The number of nitrogens with zero attached hydrogens (tertiary/aromatic N) is 1. The molecule has 0 unspecified atom stereocenters. The highest BCUT2D eigenvalue weighted by Crippen LogP contribution is 2.12. The van der Waals surface area contributed by atoms with Crippen molar-refractivity contribution in [2.24, 2.45) is 0 Å². The first-order valence-electron chi connectivity index (χ1n) is 4.94. The summed E-state index contributed by atoms with van der Waals surface area (Å²) in [5, 5.41) is 11.3. The van der Waals surface area contributed by atoms with Crippen molar-refractivity contribution in [3.8, 4) is 0 Å². The zero-order valence-electron chi connectivity index (χ0n) is 8.30. The molecular formula is C11H13NO2S. The van der Waals surface area contributed by atoms with Gasteiger partial charge in [-0.25, -0.2) is 0 Å². The Labute approximate surface area is 92.6 Å². The lowest BCUT2D eigenvalue weighted by Crippen LogP contribution is -2.27. The van der Waals surface area contributed by atoms with Crippen molar-refractivity contribution in [2.45, 2.75) is 12.5 Å². The maximum atomic E-state index is 11.6. The molecule has 1 aliphatic rings. The predicted octanol–water partition coefficient (Wildman–Crippen LogP) is 1.35. The lowest BCUT2D eigenvalue weighted by atomic mass is 10.3. The number of aliphatic hydroxyl groups excluding tert-OH is 1. The Morgan fingerprint density at radius 1 is 1.67 bits per heavy atom. The van der Waals surface area contributed by atoms with Crippen LogP contribution in [0.15, 0.2) is 23.6 Å². The monoisotopic (exact) mass is 223 g/mol. The van der Waals surface area contributed by atoms with Crippen LogP contribution < -0.4 is 0 Å². The maximum absolute atomic E-state index is 11.6. The summed E-state index contributed by atoms with van der Waals surface area (Å²) in [7, 11) is 0. The molecule has 0 radical (unpaired) electrons. The van der Waals surface area contributed by atoms with Gasteiger partial charge >= 0.3 is 0 Å². The molecule has 0 saturated carbocycles. The number of β-amino-alcohol motifs (C(OH)–C–C–N with tert-alkyl or cyclic N) is 1. The van der Waals surface area contributed by atoms with Gasteiger partial charge in [-0.15, -0.1) is 11.3 Å². The smallest absolute Gasteiger partial charge is 0.246 e. The summed E-state index contributed by atoms with van der Waals surface area (Å²) >= 11 is 1.60. The largest absolute Gasteiger partial charge is 0.391 e. The number of carbonyl (C=O) groups excluding carboxylic acids is 1. The molecule has 80 valence electrons. The van der Waals surface area contributed by atoms with Crippen LogP contribution in [0.2, 0.25) is 0 Å². The third-order valence-electron chi connectivity index (χ3n) is 2.41. The number of carbonyl (C=O) groups is 1. The molecule has 1 aromatic rings. The second kappa shape index (κ2) is 4.59. The van der Waals surface area contributed by atoms with Crippen molar-refractivity contribution in [1.82, 2.24) is 4.90 Å². The van der Waals surface area contributed by atoms with E-state index in [1.165, 1.54) is 0 Å².